The van der Waals surface area contributed by atoms with E-state index in [0.717, 1.165) is 0 Å². The number of alkyl halides is 2. The lowest BCUT2D eigenvalue weighted by molar-refractivity contribution is 1.01. The molecule has 0 nitrogen and oxygen atoms in total. The Morgan fingerprint density at radius 2 is 1.60 bits per heavy atom. The molecule has 6 heteroatoms. The molecule has 1 aromatic heterocycles. The molecule has 2 rings (SSSR count). The van der Waals surface area contributed by atoms with E-state index in [-0.39, 0.29) is 3.23 Å². The topological polar surface area (TPSA) is 0 Å². The van der Waals surface area contributed by atoms with Gasteiger partial charge in [-0.2, -0.15) is 0 Å². The van der Waals surface area contributed by atoms with Crippen LogP contribution in [0, 0.1) is 0 Å². The molecule has 0 aromatic carbocycles. The predicted octanol–water partition coefficient (Wildman–Crippen LogP) is 6.33. The summed E-state index contributed by atoms with van der Waals surface area (Å²) in [6.45, 7) is 14.5. The summed E-state index contributed by atoms with van der Waals surface area (Å²) in [5.74, 6) is 0. The molecule has 0 bridgehead atoms. The van der Waals surface area contributed by atoms with E-state index in [4.69, 9.17) is 0 Å². The lowest BCUT2D eigenvalue weighted by Crippen LogP contribution is -2.34. The van der Waals surface area contributed by atoms with Crippen LogP contribution in [-0.2, 0) is 0 Å². The maximum absolute atomic E-state index is 3.90. The van der Waals surface area contributed by atoms with Crippen LogP contribution in [0.15, 0.2) is 22.7 Å². The van der Waals surface area contributed by atoms with Crippen LogP contribution in [0.1, 0.15) is 10.1 Å². The van der Waals surface area contributed by atoms with Crippen LogP contribution in [0.3, 0.4) is 0 Å². The van der Waals surface area contributed by atoms with Crippen molar-refractivity contribution in [2.45, 2.75) is 47.8 Å². The molecule has 0 radical (unpaired) electrons. The van der Waals surface area contributed by atoms with E-state index in [1.54, 1.807) is 9.03 Å². The van der Waals surface area contributed by atoms with E-state index < -0.39 is 16.1 Å². The van der Waals surface area contributed by atoms with E-state index in [1.807, 2.05) is 11.3 Å². The monoisotopic (exact) mass is 468 g/mol. The first-order valence-electron chi connectivity index (χ1n) is 6.79. The number of hydrogen-bond acceptors (Lipinski definition) is 2. The van der Waals surface area contributed by atoms with Gasteiger partial charge in [0.2, 0.25) is 0 Å². The lowest BCUT2D eigenvalue weighted by Gasteiger charge is -2.21. The standard InChI is InChI=1S/C14H22Br2S2Si2/c1-19(2,3)11-8-7-10(17-11)13-14(15,16)9-12(18-13)20(4,5)6/h7-9,13H,1-6H3. The first kappa shape index (κ1) is 17.5. The van der Waals surface area contributed by atoms with Crippen molar-refractivity contribution in [3.63, 3.8) is 0 Å². The van der Waals surface area contributed by atoms with Gasteiger partial charge in [0.05, 0.1) is 21.4 Å². The molecule has 1 aromatic rings. The summed E-state index contributed by atoms with van der Waals surface area (Å²) in [5.41, 5.74) is 0. The molecule has 112 valence electrons. The first-order chi connectivity index (χ1) is 8.91. The second kappa shape index (κ2) is 5.67. The summed E-state index contributed by atoms with van der Waals surface area (Å²) in [7, 11) is -2.43. The van der Waals surface area contributed by atoms with E-state index in [1.165, 1.54) is 4.88 Å². The maximum atomic E-state index is 3.90. The summed E-state index contributed by atoms with van der Waals surface area (Å²) < 4.78 is 3.12. The zero-order chi connectivity index (χ0) is 15.3. The third-order valence-electron chi connectivity index (χ3n) is 3.28. The number of hydrogen-bond donors (Lipinski definition) is 0. The minimum absolute atomic E-state index is 0.0815. The van der Waals surface area contributed by atoms with Crippen LogP contribution in [0.4, 0.5) is 0 Å². The van der Waals surface area contributed by atoms with Crippen LogP contribution in [0.2, 0.25) is 39.3 Å². The summed E-state index contributed by atoms with van der Waals surface area (Å²) >= 11 is 11.9. The highest BCUT2D eigenvalue weighted by Gasteiger charge is 2.43. The molecule has 20 heavy (non-hydrogen) atoms. The molecule has 0 N–H and O–H groups in total. The Labute approximate surface area is 150 Å². The molecule has 1 atom stereocenters. The highest BCUT2D eigenvalue weighted by molar-refractivity contribution is 9.25. The normalized spacial score (nSPS) is 23.0. The van der Waals surface area contributed by atoms with Gasteiger partial charge in [-0.15, -0.1) is 23.1 Å². The Morgan fingerprint density at radius 1 is 1.00 bits per heavy atom. The zero-order valence-corrected chi connectivity index (χ0v) is 19.7. The molecular weight excluding hydrogens is 448 g/mol. The second-order valence-corrected chi connectivity index (χ2v) is 24.1. The third kappa shape index (κ3) is 3.74. The zero-order valence-electron chi connectivity index (χ0n) is 12.9. The Morgan fingerprint density at radius 3 is 2.00 bits per heavy atom. The van der Waals surface area contributed by atoms with Crippen LogP contribution in [-0.4, -0.2) is 19.4 Å². The van der Waals surface area contributed by atoms with Crippen molar-refractivity contribution in [3.8, 4) is 0 Å². The Hall–Kier alpha value is 1.18. The van der Waals surface area contributed by atoms with Gasteiger partial charge < -0.3 is 0 Å². The van der Waals surface area contributed by atoms with Crippen molar-refractivity contribution in [1.82, 2.24) is 0 Å². The minimum atomic E-state index is -1.24. The highest BCUT2D eigenvalue weighted by Crippen LogP contribution is 2.59. The van der Waals surface area contributed by atoms with Gasteiger partial charge in [-0.1, -0.05) is 83.3 Å². The number of rotatable bonds is 3. The SMILES string of the molecule is C[Si](C)(C)C1=CC(Br)(Br)C(c2ccc([Si](C)(C)C)s2)S1. The molecule has 0 saturated heterocycles. The molecule has 1 aliphatic rings. The second-order valence-electron chi connectivity index (χ2n) is 7.38. The minimum Gasteiger partial charge on any atom is -0.149 e. The largest absolute Gasteiger partial charge is 0.149 e. The number of thioether (sulfide) groups is 1. The van der Waals surface area contributed by atoms with Gasteiger partial charge in [-0.3, -0.25) is 0 Å². The number of halogens is 2. The van der Waals surface area contributed by atoms with Crippen molar-refractivity contribution in [2.75, 3.05) is 0 Å². The number of allylic oxidation sites excluding steroid dienone is 1. The molecule has 0 fully saturated rings. The Bertz CT molecular complexity index is 536. The molecule has 1 aliphatic heterocycles. The fraction of sp³-hybridized carbons (Fsp3) is 0.571. The van der Waals surface area contributed by atoms with Crippen molar-refractivity contribution in [1.29, 1.82) is 0 Å². The van der Waals surface area contributed by atoms with Gasteiger partial charge in [-0.25, -0.2) is 0 Å². The molecule has 0 amide bonds. The van der Waals surface area contributed by atoms with Crippen LogP contribution >= 0.6 is 55.0 Å². The Kier molecular flexibility index (Phi) is 4.97. The van der Waals surface area contributed by atoms with Crippen LogP contribution < -0.4 is 4.50 Å². The van der Waals surface area contributed by atoms with Crippen LogP contribution in [0.5, 0.6) is 0 Å². The van der Waals surface area contributed by atoms with Gasteiger partial charge in [0, 0.05) is 4.88 Å². The summed E-state index contributed by atoms with van der Waals surface area (Å²) in [4.78, 5) is 1.49. The van der Waals surface area contributed by atoms with Gasteiger partial charge in [0.15, 0.2) is 0 Å². The lowest BCUT2D eigenvalue weighted by atomic mass is 10.2. The fourth-order valence-corrected chi connectivity index (χ4v) is 11.2. The molecule has 0 saturated carbocycles. The van der Waals surface area contributed by atoms with E-state index in [0.29, 0.717) is 5.25 Å². The summed E-state index contributed by atoms with van der Waals surface area (Å²) in [6, 6.07) is 4.70. The Balaban J connectivity index is 2.30. The van der Waals surface area contributed by atoms with Gasteiger partial charge in [-0.05, 0) is 15.1 Å². The van der Waals surface area contributed by atoms with Crippen molar-refractivity contribution >= 4 is 75.6 Å². The summed E-state index contributed by atoms with van der Waals surface area (Å²) in [5, 5.41) is 0.458. The smallest absolute Gasteiger partial charge is 0.116 e. The van der Waals surface area contributed by atoms with Gasteiger partial charge >= 0.3 is 0 Å². The fourth-order valence-electron chi connectivity index (χ4n) is 2.03. The third-order valence-corrected chi connectivity index (χ3v) is 15.2. The van der Waals surface area contributed by atoms with Crippen molar-refractivity contribution in [2.24, 2.45) is 0 Å². The molecular formula is C14H22Br2S2Si2. The average Bonchev–Trinajstić information content (AvgIpc) is 2.79. The van der Waals surface area contributed by atoms with E-state index in [9.17, 15) is 0 Å². The van der Waals surface area contributed by atoms with Crippen molar-refractivity contribution < 1.29 is 0 Å². The maximum Gasteiger partial charge on any atom is 0.116 e. The highest BCUT2D eigenvalue weighted by atomic mass is 79.9. The predicted molar refractivity (Wildman–Crippen MR) is 110 cm³/mol. The first-order valence-corrected chi connectivity index (χ1v) is 17.1. The summed E-state index contributed by atoms with van der Waals surface area (Å²) in [6.07, 6.45) is 2.41. The quantitative estimate of drug-likeness (QED) is 0.368. The van der Waals surface area contributed by atoms with Gasteiger partial charge in [0.25, 0.3) is 0 Å². The van der Waals surface area contributed by atoms with E-state index in [2.05, 4.69) is 101 Å². The van der Waals surface area contributed by atoms with Crippen molar-refractivity contribution in [3.05, 3.63) is 27.6 Å². The van der Waals surface area contributed by atoms with Crippen LogP contribution in [0.25, 0.3) is 0 Å². The number of thiophene rings is 1. The molecule has 0 aliphatic carbocycles. The van der Waals surface area contributed by atoms with E-state index >= 15 is 0 Å². The van der Waals surface area contributed by atoms with Gasteiger partial charge in [0.1, 0.15) is 3.23 Å². The molecule has 1 unspecified atom stereocenters. The average molecular weight is 470 g/mol. The molecule has 2 heterocycles. The molecule has 0 spiro atoms.